The van der Waals surface area contributed by atoms with Crippen molar-refractivity contribution in [1.29, 1.82) is 0 Å². The Morgan fingerprint density at radius 2 is 1.65 bits per heavy atom. The van der Waals surface area contributed by atoms with Crippen LogP contribution in [0.3, 0.4) is 0 Å². The van der Waals surface area contributed by atoms with Crippen molar-refractivity contribution in [2.75, 3.05) is 17.1 Å². The Kier molecular flexibility index (Phi) is 6.97. The molecule has 31 heavy (non-hydrogen) atoms. The van der Waals surface area contributed by atoms with Crippen LogP contribution in [0, 0.1) is 0 Å². The number of nitrogens with one attached hydrogen (secondary N) is 1. The van der Waals surface area contributed by atoms with Crippen molar-refractivity contribution in [3.8, 4) is 17.0 Å². The fourth-order valence-corrected chi connectivity index (χ4v) is 5.15. The molecule has 2 aromatic carbocycles. The lowest BCUT2D eigenvalue weighted by molar-refractivity contribution is 0.331. The molecule has 0 fully saturated rings. The fraction of sp³-hybridized carbons (Fsp3) is 0.200. The number of sulfone groups is 1. The van der Waals surface area contributed by atoms with Gasteiger partial charge in [-0.3, -0.25) is 4.72 Å². The minimum absolute atomic E-state index is 0.0198. The molecule has 0 radical (unpaired) electrons. The SMILES string of the molecule is CCOc1ccc(Br)cc1S(=O)(=O)Nc1ccc(-c2ccc(S(=O)(=O)CC)nn2)cc1. The third-order valence-electron chi connectivity index (χ3n) is 4.27. The molecule has 0 saturated carbocycles. The van der Waals surface area contributed by atoms with Crippen molar-refractivity contribution in [3.05, 3.63) is 59.1 Å². The number of hydrogen-bond acceptors (Lipinski definition) is 7. The van der Waals surface area contributed by atoms with Gasteiger partial charge in [0.2, 0.25) is 0 Å². The van der Waals surface area contributed by atoms with E-state index in [0.717, 1.165) is 0 Å². The van der Waals surface area contributed by atoms with E-state index in [2.05, 4.69) is 30.8 Å². The first-order chi connectivity index (χ1) is 14.7. The summed E-state index contributed by atoms with van der Waals surface area (Å²) in [5.74, 6) is 0.200. The molecule has 0 amide bonds. The second-order valence-electron chi connectivity index (χ2n) is 6.37. The molecule has 1 heterocycles. The topological polar surface area (TPSA) is 115 Å². The van der Waals surface area contributed by atoms with Crippen molar-refractivity contribution >= 4 is 41.5 Å². The van der Waals surface area contributed by atoms with Gasteiger partial charge >= 0.3 is 0 Å². The summed E-state index contributed by atoms with van der Waals surface area (Å²) in [6.45, 7) is 3.64. The van der Waals surface area contributed by atoms with E-state index in [1.807, 2.05) is 0 Å². The molecule has 11 heteroatoms. The minimum Gasteiger partial charge on any atom is -0.492 e. The quantitative estimate of drug-likeness (QED) is 0.474. The summed E-state index contributed by atoms with van der Waals surface area (Å²) in [5.41, 5.74) is 1.48. The lowest BCUT2D eigenvalue weighted by Crippen LogP contribution is -2.14. The van der Waals surface area contributed by atoms with Crippen LogP contribution in [0.4, 0.5) is 5.69 Å². The van der Waals surface area contributed by atoms with Gasteiger partial charge in [-0.25, -0.2) is 16.8 Å². The molecule has 0 atom stereocenters. The van der Waals surface area contributed by atoms with Crippen LogP contribution in [-0.2, 0) is 19.9 Å². The van der Waals surface area contributed by atoms with Crippen LogP contribution in [-0.4, -0.2) is 39.4 Å². The van der Waals surface area contributed by atoms with E-state index in [-0.39, 0.29) is 21.4 Å². The second kappa shape index (κ2) is 9.33. The smallest absolute Gasteiger partial charge is 0.265 e. The van der Waals surface area contributed by atoms with Crippen LogP contribution in [0.15, 0.2) is 69.0 Å². The number of benzene rings is 2. The fourth-order valence-electron chi connectivity index (χ4n) is 2.67. The van der Waals surface area contributed by atoms with Crippen LogP contribution in [0.5, 0.6) is 5.75 Å². The largest absolute Gasteiger partial charge is 0.492 e. The Balaban J connectivity index is 1.83. The highest BCUT2D eigenvalue weighted by Crippen LogP contribution is 2.30. The molecule has 0 bridgehead atoms. The zero-order valence-electron chi connectivity index (χ0n) is 16.7. The van der Waals surface area contributed by atoms with E-state index in [9.17, 15) is 16.8 Å². The van der Waals surface area contributed by atoms with Gasteiger partial charge < -0.3 is 4.74 Å². The Morgan fingerprint density at radius 1 is 0.935 bits per heavy atom. The number of anilines is 1. The molecule has 3 rings (SSSR count). The van der Waals surface area contributed by atoms with Gasteiger partial charge in [-0.05, 0) is 49.4 Å². The molecule has 0 aliphatic carbocycles. The first-order valence-electron chi connectivity index (χ1n) is 9.28. The first-order valence-corrected chi connectivity index (χ1v) is 13.2. The van der Waals surface area contributed by atoms with E-state index in [1.165, 1.54) is 19.1 Å². The van der Waals surface area contributed by atoms with Gasteiger partial charge in [-0.15, -0.1) is 10.2 Å². The zero-order chi connectivity index (χ0) is 22.6. The predicted molar refractivity (Wildman–Crippen MR) is 121 cm³/mol. The first kappa shape index (κ1) is 23.2. The Labute approximate surface area is 189 Å². The lowest BCUT2D eigenvalue weighted by Gasteiger charge is -2.13. The number of ether oxygens (including phenoxy) is 1. The molecular weight excluding hydrogens is 506 g/mol. The Morgan fingerprint density at radius 3 is 2.23 bits per heavy atom. The molecule has 0 unspecified atom stereocenters. The summed E-state index contributed by atoms with van der Waals surface area (Å²) in [5, 5.41) is 7.67. The minimum atomic E-state index is -3.89. The lowest BCUT2D eigenvalue weighted by atomic mass is 10.1. The molecular formula is C20H20BrN3O5S2. The van der Waals surface area contributed by atoms with Gasteiger partial charge in [0.25, 0.3) is 10.0 Å². The highest BCUT2D eigenvalue weighted by molar-refractivity contribution is 9.10. The summed E-state index contributed by atoms with van der Waals surface area (Å²) in [6.07, 6.45) is 0. The predicted octanol–water partition coefficient (Wildman–Crippen LogP) is 3.90. The zero-order valence-corrected chi connectivity index (χ0v) is 20.0. The van der Waals surface area contributed by atoms with Gasteiger partial charge in [-0.1, -0.05) is 35.0 Å². The maximum absolute atomic E-state index is 12.9. The highest BCUT2D eigenvalue weighted by atomic mass is 79.9. The van der Waals surface area contributed by atoms with Crippen molar-refractivity contribution in [2.24, 2.45) is 0 Å². The number of sulfonamides is 1. The number of nitrogens with zero attached hydrogens (tertiary/aromatic N) is 2. The van der Waals surface area contributed by atoms with E-state index >= 15 is 0 Å². The van der Waals surface area contributed by atoms with Crippen LogP contribution < -0.4 is 9.46 Å². The summed E-state index contributed by atoms with van der Waals surface area (Å²) >= 11 is 3.28. The van der Waals surface area contributed by atoms with Crippen LogP contribution in [0.25, 0.3) is 11.3 Å². The second-order valence-corrected chi connectivity index (χ2v) is 11.2. The number of rotatable bonds is 8. The average Bonchev–Trinajstić information content (AvgIpc) is 2.75. The van der Waals surface area contributed by atoms with Crippen molar-refractivity contribution in [3.63, 3.8) is 0 Å². The van der Waals surface area contributed by atoms with E-state index in [0.29, 0.717) is 28.0 Å². The molecule has 1 N–H and O–H groups in total. The van der Waals surface area contributed by atoms with Gasteiger partial charge in [0.05, 0.1) is 18.1 Å². The van der Waals surface area contributed by atoms with E-state index in [4.69, 9.17) is 4.74 Å². The molecule has 0 aliphatic heterocycles. The summed E-state index contributed by atoms with van der Waals surface area (Å²) in [6, 6.07) is 14.2. The van der Waals surface area contributed by atoms with Gasteiger partial charge in [0.1, 0.15) is 10.6 Å². The third-order valence-corrected chi connectivity index (χ3v) is 7.78. The molecule has 0 spiro atoms. The average molecular weight is 526 g/mol. The molecule has 8 nitrogen and oxygen atoms in total. The van der Waals surface area contributed by atoms with Crippen molar-refractivity contribution in [2.45, 2.75) is 23.8 Å². The van der Waals surface area contributed by atoms with E-state index < -0.39 is 19.9 Å². The van der Waals surface area contributed by atoms with Gasteiger partial charge in [0, 0.05) is 15.7 Å². The maximum Gasteiger partial charge on any atom is 0.265 e. The number of hydrogen-bond donors (Lipinski definition) is 1. The summed E-state index contributed by atoms with van der Waals surface area (Å²) in [4.78, 5) is 0.0198. The van der Waals surface area contributed by atoms with Crippen LogP contribution in [0.1, 0.15) is 13.8 Å². The van der Waals surface area contributed by atoms with Crippen LogP contribution >= 0.6 is 15.9 Å². The molecule has 164 valence electrons. The molecule has 1 aromatic heterocycles. The number of halogens is 1. The van der Waals surface area contributed by atoms with Gasteiger partial charge in [0.15, 0.2) is 14.9 Å². The Hall–Kier alpha value is -2.50. The van der Waals surface area contributed by atoms with E-state index in [1.54, 1.807) is 49.4 Å². The third kappa shape index (κ3) is 5.41. The van der Waals surface area contributed by atoms with Crippen LogP contribution in [0.2, 0.25) is 0 Å². The highest BCUT2D eigenvalue weighted by Gasteiger charge is 2.20. The monoisotopic (exact) mass is 525 g/mol. The standard InChI is InChI=1S/C20H20BrN3O5S2/c1-3-29-18-11-7-15(21)13-19(18)31(27,28)24-16-8-5-14(6-9-16)17-10-12-20(23-22-17)30(25,26)4-2/h5-13,24H,3-4H2,1-2H3. The Bertz CT molecular complexity index is 1280. The molecule has 3 aromatic rings. The van der Waals surface area contributed by atoms with Crippen molar-refractivity contribution in [1.82, 2.24) is 10.2 Å². The molecule has 0 saturated heterocycles. The maximum atomic E-state index is 12.9. The number of aromatic nitrogens is 2. The summed E-state index contributed by atoms with van der Waals surface area (Å²) in [7, 11) is -7.32. The summed E-state index contributed by atoms with van der Waals surface area (Å²) < 4.78 is 58.0. The van der Waals surface area contributed by atoms with Crippen molar-refractivity contribution < 1.29 is 21.6 Å². The van der Waals surface area contributed by atoms with Gasteiger partial charge in [-0.2, -0.15) is 0 Å². The normalized spacial score (nSPS) is 11.8. The molecule has 0 aliphatic rings.